The molecule has 0 spiro atoms. The Morgan fingerprint density at radius 1 is 1.07 bits per heavy atom. The molecule has 0 N–H and O–H groups in total. The Kier molecular flexibility index (Phi) is 5.35. The molecule has 1 aliphatic rings. The highest BCUT2D eigenvalue weighted by Crippen LogP contribution is 2.44. The van der Waals surface area contributed by atoms with Gasteiger partial charge in [-0.25, -0.2) is 0 Å². The van der Waals surface area contributed by atoms with Crippen molar-refractivity contribution in [2.75, 3.05) is 0 Å². The summed E-state index contributed by atoms with van der Waals surface area (Å²) in [5.74, 6) is 2.06. The van der Waals surface area contributed by atoms with Gasteiger partial charge in [-0.05, 0) is 68.9 Å². The van der Waals surface area contributed by atoms with Crippen molar-refractivity contribution in [1.29, 1.82) is 0 Å². The fraction of sp³-hybridized carbons (Fsp3) is 0.400. The van der Waals surface area contributed by atoms with Crippen LogP contribution >= 0.6 is 0 Å². The van der Waals surface area contributed by atoms with Crippen molar-refractivity contribution in [2.45, 2.75) is 65.7 Å². The Bertz CT molecular complexity index is 980. The van der Waals surface area contributed by atoms with Gasteiger partial charge in [0.25, 0.3) is 0 Å². The first-order valence-corrected chi connectivity index (χ1v) is 10.4. The van der Waals surface area contributed by atoms with E-state index in [2.05, 4.69) is 57.1 Å². The van der Waals surface area contributed by atoms with Crippen LogP contribution in [0.2, 0.25) is 0 Å². The van der Waals surface area contributed by atoms with E-state index in [1.165, 1.54) is 27.8 Å². The van der Waals surface area contributed by atoms with Gasteiger partial charge in [0.1, 0.15) is 23.7 Å². The summed E-state index contributed by atoms with van der Waals surface area (Å²) in [6.45, 7) is 10.1. The molecule has 3 aromatic rings. The Labute approximate surface area is 173 Å². The summed E-state index contributed by atoms with van der Waals surface area (Å²) < 4.78 is 14.9. The van der Waals surface area contributed by atoms with Gasteiger partial charge in [0.2, 0.25) is 0 Å². The number of benzene rings is 2. The Balaban J connectivity index is 1.55. The monoisotopic (exact) mass is 390 g/mol. The third-order valence-electron chi connectivity index (χ3n) is 6.22. The number of aryl methyl sites for hydroxylation is 1. The number of hydrogen-bond acceptors (Lipinski definition) is 3. The summed E-state index contributed by atoms with van der Waals surface area (Å²) >= 11 is 0. The number of rotatable bonds is 6. The smallest absolute Gasteiger partial charge is 0.127 e. The zero-order chi connectivity index (χ0) is 20.4. The van der Waals surface area contributed by atoms with E-state index >= 15 is 0 Å². The van der Waals surface area contributed by atoms with Crippen molar-refractivity contribution < 1.29 is 9.47 Å². The molecule has 1 unspecified atom stereocenters. The first-order valence-electron chi connectivity index (χ1n) is 10.4. The highest BCUT2D eigenvalue weighted by atomic mass is 16.5. The zero-order valence-electron chi connectivity index (χ0n) is 17.9. The fourth-order valence-electron chi connectivity index (χ4n) is 4.19. The van der Waals surface area contributed by atoms with E-state index in [4.69, 9.17) is 9.47 Å². The SMILES string of the molecule is Cc1c(C)c2c(c(C)c1OCc1ccccc1)CCC(C)(CCn1cccn1)O2. The second-order valence-electron chi connectivity index (χ2n) is 8.36. The molecule has 0 amide bonds. The summed E-state index contributed by atoms with van der Waals surface area (Å²) in [6.07, 6.45) is 6.80. The largest absolute Gasteiger partial charge is 0.488 e. The van der Waals surface area contributed by atoms with Crippen LogP contribution in [-0.2, 0) is 19.6 Å². The second-order valence-corrected chi connectivity index (χ2v) is 8.36. The van der Waals surface area contributed by atoms with Crippen LogP contribution in [0.4, 0.5) is 0 Å². The normalized spacial score (nSPS) is 18.2. The third-order valence-corrected chi connectivity index (χ3v) is 6.22. The van der Waals surface area contributed by atoms with Crippen molar-refractivity contribution >= 4 is 0 Å². The number of aromatic nitrogens is 2. The number of ether oxygens (including phenoxy) is 2. The van der Waals surface area contributed by atoms with E-state index < -0.39 is 0 Å². The molecule has 0 radical (unpaired) electrons. The van der Waals surface area contributed by atoms with Crippen molar-refractivity contribution in [3.05, 3.63) is 76.6 Å². The lowest BCUT2D eigenvalue weighted by Crippen LogP contribution is -2.38. The van der Waals surface area contributed by atoms with E-state index in [-0.39, 0.29) is 5.60 Å². The maximum Gasteiger partial charge on any atom is 0.127 e. The van der Waals surface area contributed by atoms with Gasteiger partial charge in [0.05, 0.1) is 0 Å². The molecule has 0 aliphatic carbocycles. The fourth-order valence-corrected chi connectivity index (χ4v) is 4.19. The number of fused-ring (bicyclic) bond motifs is 1. The Morgan fingerprint density at radius 2 is 1.86 bits per heavy atom. The molecule has 1 aromatic heterocycles. The summed E-state index contributed by atoms with van der Waals surface area (Å²) in [7, 11) is 0. The van der Waals surface area contributed by atoms with Crippen molar-refractivity contribution in [2.24, 2.45) is 0 Å². The summed E-state index contributed by atoms with van der Waals surface area (Å²) in [4.78, 5) is 0. The lowest BCUT2D eigenvalue weighted by atomic mass is 9.85. The molecule has 2 aromatic carbocycles. The summed E-state index contributed by atoms with van der Waals surface area (Å²) in [5.41, 5.74) is 5.90. The van der Waals surface area contributed by atoms with Gasteiger partial charge in [-0.2, -0.15) is 5.10 Å². The summed E-state index contributed by atoms with van der Waals surface area (Å²) in [5, 5.41) is 4.32. The maximum atomic E-state index is 6.63. The zero-order valence-corrected chi connectivity index (χ0v) is 17.9. The average molecular weight is 391 g/mol. The van der Waals surface area contributed by atoms with E-state index in [0.29, 0.717) is 6.61 Å². The van der Waals surface area contributed by atoms with Gasteiger partial charge >= 0.3 is 0 Å². The molecular formula is C25H30N2O2. The van der Waals surface area contributed by atoms with Crippen LogP contribution in [0.3, 0.4) is 0 Å². The lowest BCUT2D eigenvalue weighted by molar-refractivity contribution is 0.0495. The van der Waals surface area contributed by atoms with Crippen LogP contribution in [0, 0.1) is 20.8 Å². The quantitative estimate of drug-likeness (QED) is 0.553. The minimum atomic E-state index is -0.172. The first kappa shape index (κ1) is 19.6. The number of nitrogens with zero attached hydrogens (tertiary/aromatic N) is 2. The van der Waals surface area contributed by atoms with Crippen LogP contribution < -0.4 is 9.47 Å². The molecule has 0 saturated carbocycles. The van der Waals surface area contributed by atoms with Crippen LogP contribution in [0.1, 0.15) is 47.6 Å². The molecule has 4 rings (SSSR count). The highest BCUT2D eigenvalue weighted by Gasteiger charge is 2.34. The van der Waals surface area contributed by atoms with Gasteiger partial charge in [-0.15, -0.1) is 0 Å². The molecule has 0 fully saturated rings. The maximum absolute atomic E-state index is 6.63. The molecule has 2 heterocycles. The summed E-state index contributed by atoms with van der Waals surface area (Å²) in [6, 6.07) is 12.3. The molecule has 4 nitrogen and oxygen atoms in total. The first-order chi connectivity index (χ1) is 14.0. The number of hydrogen-bond donors (Lipinski definition) is 0. The highest BCUT2D eigenvalue weighted by molar-refractivity contribution is 5.59. The van der Waals surface area contributed by atoms with Crippen molar-refractivity contribution in [3.63, 3.8) is 0 Å². The average Bonchev–Trinajstić information content (AvgIpc) is 3.25. The van der Waals surface area contributed by atoms with Gasteiger partial charge in [0, 0.05) is 30.9 Å². The Hall–Kier alpha value is -2.75. The minimum absolute atomic E-state index is 0.172. The second kappa shape index (κ2) is 7.94. The van der Waals surface area contributed by atoms with E-state index in [1.807, 2.05) is 29.2 Å². The lowest BCUT2D eigenvalue weighted by Gasteiger charge is -2.38. The van der Waals surface area contributed by atoms with Crippen LogP contribution in [0.5, 0.6) is 11.5 Å². The molecule has 152 valence electrons. The third kappa shape index (κ3) is 4.02. The van der Waals surface area contributed by atoms with E-state index in [1.54, 1.807) is 0 Å². The van der Waals surface area contributed by atoms with Gasteiger partial charge in [-0.1, -0.05) is 30.3 Å². The molecule has 1 aliphatic heterocycles. The predicted octanol–water partition coefficient (Wildman–Crippen LogP) is 5.56. The van der Waals surface area contributed by atoms with Crippen molar-refractivity contribution in [1.82, 2.24) is 9.78 Å². The molecule has 0 bridgehead atoms. The molecule has 29 heavy (non-hydrogen) atoms. The topological polar surface area (TPSA) is 36.3 Å². The van der Waals surface area contributed by atoms with Gasteiger partial charge < -0.3 is 9.47 Å². The van der Waals surface area contributed by atoms with Gasteiger partial charge in [-0.3, -0.25) is 4.68 Å². The Morgan fingerprint density at radius 3 is 2.59 bits per heavy atom. The van der Waals surface area contributed by atoms with Crippen LogP contribution in [0.15, 0.2) is 48.8 Å². The van der Waals surface area contributed by atoms with Crippen LogP contribution in [-0.4, -0.2) is 15.4 Å². The molecule has 4 heteroatoms. The van der Waals surface area contributed by atoms with Gasteiger partial charge in [0.15, 0.2) is 0 Å². The molecular weight excluding hydrogens is 360 g/mol. The van der Waals surface area contributed by atoms with Crippen LogP contribution in [0.25, 0.3) is 0 Å². The van der Waals surface area contributed by atoms with Crippen molar-refractivity contribution in [3.8, 4) is 11.5 Å². The van der Waals surface area contributed by atoms with E-state index in [9.17, 15) is 0 Å². The predicted molar refractivity (Wildman–Crippen MR) is 116 cm³/mol. The molecule has 0 saturated heterocycles. The van der Waals surface area contributed by atoms with E-state index in [0.717, 1.165) is 37.3 Å². The standard InChI is InChI=1S/C25H30N2O2/c1-18-19(2)24-22(20(3)23(18)28-17-21-9-6-5-7-10-21)11-12-25(4,29-24)13-16-27-15-8-14-26-27/h5-10,14-15H,11-13,16-17H2,1-4H3. The molecule has 1 atom stereocenters. The minimum Gasteiger partial charge on any atom is -0.488 e.